The summed E-state index contributed by atoms with van der Waals surface area (Å²) >= 11 is 0. The quantitative estimate of drug-likeness (QED) is 0.521. The van der Waals surface area contributed by atoms with Gasteiger partial charge in [0, 0.05) is 13.1 Å². The summed E-state index contributed by atoms with van der Waals surface area (Å²) in [6.45, 7) is 5.74. The molecule has 0 aliphatic heterocycles. The standard InChI is InChI=1S/C12H25N3O3/c1-3-5-6-7-15(8-9-16)10-11(17)14-12(18)13-4-2/h16H,3-10H2,1-2H3,(H2,13,14,17,18). The zero-order chi connectivity index (χ0) is 13.8. The number of amides is 3. The Morgan fingerprint density at radius 1 is 1.17 bits per heavy atom. The molecule has 0 aromatic rings. The van der Waals surface area contributed by atoms with Crippen LogP contribution in [0.1, 0.15) is 33.1 Å². The monoisotopic (exact) mass is 259 g/mol. The minimum Gasteiger partial charge on any atom is -0.395 e. The lowest BCUT2D eigenvalue weighted by molar-refractivity contribution is -0.121. The van der Waals surface area contributed by atoms with Crippen molar-refractivity contribution < 1.29 is 14.7 Å². The van der Waals surface area contributed by atoms with Crippen LogP contribution < -0.4 is 10.6 Å². The van der Waals surface area contributed by atoms with Gasteiger partial charge in [-0.05, 0) is 19.9 Å². The number of urea groups is 1. The topological polar surface area (TPSA) is 81.7 Å². The zero-order valence-corrected chi connectivity index (χ0v) is 11.4. The number of nitrogens with one attached hydrogen (secondary N) is 2. The molecule has 0 atom stereocenters. The fourth-order valence-corrected chi connectivity index (χ4v) is 1.57. The lowest BCUT2D eigenvalue weighted by atomic mass is 10.2. The van der Waals surface area contributed by atoms with Gasteiger partial charge in [-0.25, -0.2) is 4.79 Å². The van der Waals surface area contributed by atoms with Crippen LogP contribution in [0.25, 0.3) is 0 Å². The van der Waals surface area contributed by atoms with Crippen LogP contribution in [0.3, 0.4) is 0 Å². The van der Waals surface area contributed by atoms with Crippen LogP contribution in [0.4, 0.5) is 4.79 Å². The second-order valence-corrected chi connectivity index (χ2v) is 4.11. The predicted molar refractivity (Wildman–Crippen MR) is 70.3 cm³/mol. The molecule has 0 unspecified atom stereocenters. The highest BCUT2D eigenvalue weighted by atomic mass is 16.3. The number of nitrogens with zero attached hydrogens (tertiary/aromatic N) is 1. The zero-order valence-electron chi connectivity index (χ0n) is 11.4. The molecule has 3 N–H and O–H groups in total. The molecule has 0 rings (SSSR count). The molecule has 3 amide bonds. The molecule has 0 radical (unpaired) electrons. The molecule has 0 heterocycles. The first kappa shape index (κ1) is 16.9. The second kappa shape index (κ2) is 11.0. The number of aliphatic hydroxyl groups excluding tert-OH is 1. The lowest BCUT2D eigenvalue weighted by Gasteiger charge is -2.20. The Morgan fingerprint density at radius 2 is 1.89 bits per heavy atom. The van der Waals surface area contributed by atoms with Crippen LogP contribution in [-0.2, 0) is 4.79 Å². The highest BCUT2D eigenvalue weighted by Gasteiger charge is 2.12. The third-order valence-electron chi connectivity index (χ3n) is 2.45. The molecule has 6 nitrogen and oxygen atoms in total. The van der Waals surface area contributed by atoms with E-state index in [9.17, 15) is 9.59 Å². The molecule has 0 aliphatic rings. The Hall–Kier alpha value is -1.14. The number of carbonyl (C=O) groups excluding carboxylic acids is 2. The van der Waals surface area contributed by atoms with Crippen LogP contribution in [0.2, 0.25) is 0 Å². The van der Waals surface area contributed by atoms with E-state index in [1.165, 1.54) is 0 Å². The molecule has 106 valence electrons. The summed E-state index contributed by atoms with van der Waals surface area (Å²) in [4.78, 5) is 24.5. The summed E-state index contributed by atoms with van der Waals surface area (Å²) < 4.78 is 0. The first-order chi connectivity index (χ1) is 8.63. The molecule has 0 spiro atoms. The number of unbranched alkanes of at least 4 members (excludes halogenated alkanes) is 2. The Balaban J connectivity index is 3.97. The summed E-state index contributed by atoms with van der Waals surface area (Å²) in [7, 11) is 0. The van der Waals surface area contributed by atoms with Gasteiger partial charge in [0.05, 0.1) is 13.2 Å². The van der Waals surface area contributed by atoms with E-state index in [2.05, 4.69) is 17.6 Å². The second-order valence-electron chi connectivity index (χ2n) is 4.11. The van der Waals surface area contributed by atoms with E-state index >= 15 is 0 Å². The van der Waals surface area contributed by atoms with Crippen LogP contribution in [0, 0.1) is 0 Å². The molecule has 0 fully saturated rings. The third-order valence-corrected chi connectivity index (χ3v) is 2.45. The van der Waals surface area contributed by atoms with Gasteiger partial charge in [-0.3, -0.25) is 15.0 Å². The molecular weight excluding hydrogens is 234 g/mol. The Labute approximate surface area is 109 Å². The number of imide groups is 1. The molecule has 0 saturated carbocycles. The Morgan fingerprint density at radius 3 is 2.44 bits per heavy atom. The van der Waals surface area contributed by atoms with Crippen LogP contribution >= 0.6 is 0 Å². The number of rotatable bonds is 9. The van der Waals surface area contributed by atoms with Crippen molar-refractivity contribution >= 4 is 11.9 Å². The average Bonchev–Trinajstić information content (AvgIpc) is 2.29. The van der Waals surface area contributed by atoms with Gasteiger partial charge < -0.3 is 10.4 Å². The maximum absolute atomic E-state index is 11.6. The maximum Gasteiger partial charge on any atom is 0.321 e. The minimum atomic E-state index is -0.472. The van der Waals surface area contributed by atoms with Gasteiger partial charge in [-0.2, -0.15) is 0 Å². The van der Waals surface area contributed by atoms with Crippen molar-refractivity contribution in [2.24, 2.45) is 0 Å². The largest absolute Gasteiger partial charge is 0.395 e. The number of hydrogen-bond acceptors (Lipinski definition) is 4. The number of aliphatic hydroxyl groups is 1. The smallest absolute Gasteiger partial charge is 0.321 e. The van der Waals surface area contributed by atoms with Crippen LogP contribution in [-0.4, -0.2) is 54.7 Å². The van der Waals surface area contributed by atoms with E-state index in [4.69, 9.17) is 5.11 Å². The highest BCUT2D eigenvalue weighted by Crippen LogP contribution is 1.97. The normalized spacial score (nSPS) is 10.4. The Kier molecular flexibility index (Phi) is 10.3. The Bertz CT molecular complexity index is 247. The fourth-order valence-electron chi connectivity index (χ4n) is 1.57. The summed E-state index contributed by atoms with van der Waals surface area (Å²) in [5.41, 5.74) is 0. The number of carbonyl (C=O) groups is 2. The van der Waals surface area contributed by atoms with Gasteiger partial charge in [0.15, 0.2) is 0 Å². The summed E-state index contributed by atoms with van der Waals surface area (Å²) in [6.07, 6.45) is 3.20. The first-order valence-electron chi connectivity index (χ1n) is 6.54. The molecule has 0 aromatic carbocycles. The summed E-state index contributed by atoms with van der Waals surface area (Å²) in [6, 6.07) is -0.472. The summed E-state index contributed by atoms with van der Waals surface area (Å²) in [5.74, 6) is -0.342. The molecule has 0 saturated heterocycles. The van der Waals surface area contributed by atoms with E-state index in [1.807, 2.05) is 4.90 Å². The highest BCUT2D eigenvalue weighted by molar-refractivity contribution is 5.95. The van der Waals surface area contributed by atoms with Crippen LogP contribution in [0.5, 0.6) is 0 Å². The maximum atomic E-state index is 11.6. The van der Waals surface area contributed by atoms with E-state index in [0.29, 0.717) is 13.1 Å². The molecule has 6 heteroatoms. The first-order valence-corrected chi connectivity index (χ1v) is 6.54. The summed E-state index contributed by atoms with van der Waals surface area (Å²) in [5, 5.41) is 13.7. The van der Waals surface area contributed by atoms with Gasteiger partial charge in [0.1, 0.15) is 0 Å². The van der Waals surface area contributed by atoms with Crippen molar-refractivity contribution in [3.63, 3.8) is 0 Å². The van der Waals surface area contributed by atoms with Crippen molar-refractivity contribution in [3.8, 4) is 0 Å². The van der Waals surface area contributed by atoms with Crippen LogP contribution in [0.15, 0.2) is 0 Å². The average molecular weight is 259 g/mol. The van der Waals surface area contributed by atoms with Gasteiger partial charge >= 0.3 is 6.03 Å². The predicted octanol–water partition coefficient (Wildman–Crippen LogP) is 0.317. The van der Waals surface area contributed by atoms with Gasteiger partial charge in [0.2, 0.25) is 5.91 Å². The minimum absolute atomic E-state index is 0.0144. The van der Waals surface area contributed by atoms with E-state index in [-0.39, 0.29) is 19.1 Å². The molecule has 0 aromatic heterocycles. The van der Waals surface area contributed by atoms with Crippen molar-refractivity contribution in [1.82, 2.24) is 15.5 Å². The fraction of sp³-hybridized carbons (Fsp3) is 0.833. The van der Waals surface area contributed by atoms with Gasteiger partial charge in [-0.15, -0.1) is 0 Å². The van der Waals surface area contributed by atoms with Crippen molar-refractivity contribution in [2.45, 2.75) is 33.1 Å². The van der Waals surface area contributed by atoms with Gasteiger partial charge in [-0.1, -0.05) is 19.8 Å². The third kappa shape index (κ3) is 8.95. The molecule has 0 bridgehead atoms. The SMILES string of the molecule is CCCCCN(CCO)CC(=O)NC(=O)NCC. The van der Waals surface area contributed by atoms with E-state index in [1.54, 1.807) is 6.92 Å². The van der Waals surface area contributed by atoms with Crippen molar-refractivity contribution in [2.75, 3.05) is 32.8 Å². The van der Waals surface area contributed by atoms with Crippen molar-refractivity contribution in [3.05, 3.63) is 0 Å². The lowest BCUT2D eigenvalue weighted by Crippen LogP contribution is -2.45. The number of hydrogen-bond donors (Lipinski definition) is 3. The van der Waals surface area contributed by atoms with E-state index < -0.39 is 6.03 Å². The van der Waals surface area contributed by atoms with Crippen molar-refractivity contribution in [1.29, 1.82) is 0 Å². The molecular formula is C12H25N3O3. The molecule has 0 aliphatic carbocycles. The van der Waals surface area contributed by atoms with Gasteiger partial charge in [0.25, 0.3) is 0 Å². The van der Waals surface area contributed by atoms with E-state index in [0.717, 1.165) is 25.8 Å². The molecule has 18 heavy (non-hydrogen) atoms.